The molecule has 1 aromatic rings. The molecule has 0 saturated heterocycles. The van der Waals surface area contributed by atoms with Crippen LogP contribution in [0, 0.1) is 0 Å². The predicted molar refractivity (Wildman–Crippen MR) is 77.0 cm³/mol. The highest BCUT2D eigenvalue weighted by molar-refractivity contribution is 7.99. The quantitative estimate of drug-likeness (QED) is 0.675. The Labute approximate surface area is 114 Å². The minimum absolute atomic E-state index is 0.396. The minimum Gasteiger partial charge on any atom is -0.390 e. The first-order valence-corrected chi connectivity index (χ1v) is 7.43. The second-order valence-corrected chi connectivity index (χ2v) is 5.15. The number of benzene rings is 1. The molecule has 0 saturated carbocycles. The molecular weight excluding hydrogens is 246 g/mol. The van der Waals surface area contributed by atoms with E-state index >= 15 is 0 Å². The molecule has 102 valence electrons. The van der Waals surface area contributed by atoms with Crippen molar-refractivity contribution in [2.75, 3.05) is 25.5 Å². The standard InChI is InChI=1S/C14H23NO2S/c1-3-15-9-12-6-5-7-14(8-12)18-11-13(16)10-17-4-2/h5-8,13,15-16H,3-4,9-11H2,1-2H3. The Kier molecular flexibility index (Phi) is 8.09. The predicted octanol–water partition coefficient (Wildman–Crippen LogP) is 2.29. The minimum atomic E-state index is -0.396. The summed E-state index contributed by atoms with van der Waals surface area (Å²) in [6, 6.07) is 8.42. The molecule has 0 heterocycles. The van der Waals surface area contributed by atoms with E-state index in [-0.39, 0.29) is 0 Å². The number of aliphatic hydroxyl groups is 1. The van der Waals surface area contributed by atoms with Crippen LogP contribution in [0.25, 0.3) is 0 Å². The van der Waals surface area contributed by atoms with Crippen molar-refractivity contribution in [3.63, 3.8) is 0 Å². The average Bonchev–Trinajstić information content (AvgIpc) is 2.41. The summed E-state index contributed by atoms with van der Waals surface area (Å²) in [6.07, 6.45) is -0.396. The van der Waals surface area contributed by atoms with Gasteiger partial charge in [0.2, 0.25) is 0 Å². The van der Waals surface area contributed by atoms with Crippen LogP contribution in [0.1, 0.15) is 19.4 Å². The maximum atomic E-state index is 9.69. The Bertz CT molecular complexity index is 333. The fourth-order valence-electron chi connectivity index (χ4n) is 1.51. The Hall–Kier alpha value is -0.550. The Balaban J connectivity index is 2.37. The molecule has 18 heavy (non-hydrogen) atoms. The lowest BCUT2D eigenvalue weighted by Gasteiger charge is -2.10. The Morgan fingerprint density at radius 3 is 2.94 bits per heavy atom. The SMILES string of the molecule is CCNCc1cccc(SCC(O)COCC)c1. The molecule has 1 rings (SSSR count). The third-order valence-electron chi connectivity index (χ3n) is 2.43. The van der Waals surface area contributed by atoms with Crippen molar-refractivity contribution in [3.8, 4) is 0 Å². The first kappa shape index (κ1) is 15.5. The summed E-state index contributed by atoms with van der Waals surface area (Å²) >= 11 is 1.67. The van der Waals surface area contributed by atoms with Gasteiger partial charge in [-0.05, 0) is 31.2 Å². The smallest absolute Gasteiger partial charge is 0.0867 e. The number of rotatable bonds is 9. The summed E-state index contributed by atoms with van der Waals surface area (Å²) in [7, 11) is 0. The Morgan fingerprint density at radius 2 is 2.22 bits per heavy atom. The molecule has 2 N–H and O–H groups in total. The van der Waals surface area contributed by atoms with Gasteiger partial charge < -0.3 is 15.2 Å². The molecule has 1 unspecified atom stereocenters. The average molecular weight is 269 g/mol. The maximum Gasteiger partial charge on any atom is 0.0867 e. The van der Waals surface area contributed by atoms with Gasteiger partial charge >= 0.3 is 0 Å². The van der Waals surface area contributed by atoms with Gasteiger partial charge in [-0.1, -0.05) is 19.1 Å². The van der Waals surface area contributed by atoms with Crippen molar-refractivity contribution < 1.29 is 9.84 Å². The second-order valence-electron chi connectivity index (χ2n) is 4.05. The van der Waals surface area contributed by atoms with Crippen LogP contribution in [-0.2, 0) is 11.3 Å². The molecule has 0 amide bonds. The van der Waals surface area contributed by atoms with E-state index in [1.165, 1.54) is 10.5 Å². The molecule has 0 spiro atoms. The molecule has 0 aromatic heterocycles. The zero-order chi connectivity index (χ0) is 13.2. The molecule has 4 heteroatoms. The summed E-state index contributed by atoms with van der Waals surface area (Å²) in [6.45, 7) is 6.98. The van der Waals surface area contributed by atoms with E-state index in [0.717, 1.165) is 13.1 Å². The summed E-state index contributed by atoms with van der Waals surface area (Å²) in [5.74, 6) is 0.671. The van der Waals surface area contributed by atoms with E-state index in [4.69, 9.17) is 4.74 Å². The van der Waals surface area contributed by atoms with Gasteiger partial charge in [0.1, 0.15) is 0 Å². The fourth-order valence-corrected chi connectivity index (χ4v) is 2.40. The monoisotopic (exact) mass is 269 g/mol. The van der Waals surface area contributed by atoms with Crippen LogP contribution in [-0.4, -0.2) is 36.7 Å². The van der Waals surface area contributed by atoms with E-state index in [0.29, 0.717) is 19.0 Å². The molecule has 0 aliphatic rings. The van der Waals surface area contributed by atoms with Gasteiger partial charge in [-0.25, -0.2) is 0 Å². The van der Waals surface area contributed by atoms with Crippen molar-refractivity contribution in [1.82, 2.24) is 5.32 Å². The van der Waals surface area contributed by atoms with Gasteiger partial charge in [-0.2, -0.15) is 0 Å². The van der Waals surface area contributed by atoms with Crippen molar-refractivity contribution in [2.24, 2.45) is 0 Å². The highest BCUT2D eigenvalue weighted by Gasteiger charge is 2.05. The van der Waals surface area contributed by atoms with Crippen LogP contribution in [0.5, 0.6) is 0 Å². The van der Waals surface area contributed by atoms with E-state index < -0.39 is 6.10 Å². The largest absolute Gasteiger partial charge is 0.390 e. The zero-order valence-electron chi connectivity index (χ0n) is 11.2. The summed E-state index contributed by atoms with van der Waals surface area (Å²) in [5.41, 5.74) is 1.28. The van der Waals surface area contributed by atoms with Gasteiger partial charge in [0.05, 0.1) is 12.7 Å². The normalized spacial score (nSPS) is 12.6. The number of aliphatic hydroxyl groups excluding tert-OH is 1. The number of hydrogen-bond acceptors (Lipinski definition) is 4. The third-order valence-corrected chi connectivity index (χ3v) is 3.57. The summed E-state index contributed by atoms with van der Waals surface area (Å²) in [4.78, 5) is 1.20. The topological polar surface area (TPSA) is 41.5 Å². The van der Waals surface area contributed by atoms with Crippen molar-refractivity contribution >= 4 is 11.8 Å². The van der Waals surface area contributed by atoms with Gasteiger partial charge in [-0.3, -0.25) is 0 Å². The van der Waals surface area contributed by atoms with Gasteiger partial charge in [0, 0.05) is 23.8 Å². The van der Waals surface area contributed by atoms with Crippen LogP contribution < -0.4 is 5.32 Å². The van der Waals surface area contributed by atoms with E-state index in [1.54, 1.807) is 11.8 Å². The number of thioether (sulfide) groups is 1. The van der Waals surface area contributed by atoms with Gasteiger partial charge in [0.25, 0.3) is 0 Å². The highest BCUT2D eigenvalue weighted by Crippen LogP contribution is 2.20. The lowest BCUT2D eigenvalue weighted by Crippen LogP contribution is -2.17. The van der Waals surface area contributed by atoms with Crippen LogP contribution in [0.4, 0.5) is 0 Å². The molecule has 1 atom stereocenters. The summed E-state index contributed by atoms with van der Waals surface area (Å²) < 4.78 is 5.19. The second kappa shape index (κ2) is 9.39. The van der Waals surface area contributed by atoms with Gasteiger partial charge in [-0.15, -0.1) is 11.8 Å². The maximum absolute atomic E-state index is 9.69. The van der Waals surface area contributed by atoms with Crippen molar-refractivity contribution in [1.29, 1.82) is 0 Å². The fraction of sp³-hybridized carbons (Fsp3) is 0.571. The lowest BCUT2D eigenvalue weighted by atomic mass is 10.2. The number of nitrogens with one attached hydrogen (secondary N) is 1. The zero-order valence-corrected chi connectivity index (χ0v) is 12.0. The number of ether oxygens (including phenoxy) is 1. The molecule has 0 bridgehead atoms. The van der Waals surface area contributed by atoms with Crippen LogP contribution in [0.2, 0.25) is 0 Å². The molecule has 0 fully saturated rings. The number of hydrogen-bond donors (Lipinski definition) is 2. The van der Waals surface area contributed by atoms with Crippen molar-refractivity contribution in [2.45, 2.75) is 31.4 Å². The molecule has 0 aliphatic heterocycles. The first-order valence-electron chi connectivity index (χ1n) is 6.44. The van der Waals surface area contributed by atoms with Crippen LogP contribution in [0.3, 0.4) is 0 Å². The van der Waals surface area contributed by atoms with Crippen LogP contribution >= 0.6 is 11.8 Å². The molecule has 1 aromatic carbocycles. The first-order chi connectivity index (χ1) is 8.76. The van der Waals surface area contributed by atoms with Gasteiger partial charge in [0.15, 0.2) is 0 Å². The highest BCUT2D eigenvalue weighted by atomic mass is 32.2. The van der Waals surface area contributed by atoms with E-state index in [9.17, 15) is 5.11 Å². The Morgan fingerprint density at radius 1 is 1.39 bits per heavy atom. The molecule has 0 radical (unpaired) electrons. The molecular formula is C14H23NO2S. The van der Waals surface area contributed by atoms with E-state index in [2.05, 4.69) is 36.5 Å². The van der Waals surface area contributed by atoms with Crippen LogP contribution in [0.15, 0.2) is 29.2 Å². The molecule has 3 nitrogen and oxygen atoms in total. The molecule has 0 aliphatic carbocycles. The third kappa shape index (κ3) is 6.40. The lowest BCUT2D eigenvalue weighted by molar-refractivity contribution is 0.0551. The van der Waals surface area contributed by atoms with Crippen molar-refractivity contribution in [3.05, 3.63) is 29.8 Å². The van der Waals surface area contributed by atoms with E-state index in [1.807, 2.05) is 6.92 Å². The summed E-state index contributed by atoms with van der Waals surface area (Å²) in [5, 5.41) is 13.0.